The first-order chi connectivity index (χ1) is 15.8. The molecule has 0 aromatic heterocycles. The molecule has 0 fully saturated rings. The van der Waals surface area contributed by atoms with E-state index < -0.39 is 23.8 Å². The minimum atomic E-state index is -0.933. The van der Waals surface area contributed by atoms with Crippen molar-refractivity contribution in [1.29, 1.82) is 0 Å². The number of ether oxygens (including phenoxy) is 4. The van der Waals surface area contributed by atoms with Crippen LogP contribution in [0, 0.1) is 11.8 Å². The summed E-state index contributed by atoms with van der Waals surface area (Å²) in [5.41, 5.74) is 2.73. The van der Waals surface area contributed by atoms with E-state index >= 15 is 0 Å². The number of rotatable bonds is 8. The topological polar surface area (TPSA) is 100 Å². The molecule has 8 heteroatoms. The molecule has 0 unspecified atom stereocenters. The number of esters is 2. The largest absolute Gasteiger partial charge is 0.497 e. The Morgan fingerprint density at radius 3 is 2.61 bits per heavy atom. The summed E-state index contributed by atoms with van der Waals surface area (Å²) >= 11 is 0. The van der Waals surface area contributed by atoms with Crippen molar-refractivity contribution < 1.29 is 33.3 Å². The van der Waals surface area contributed by atoms with Crippen molar-refractivity contribution in [2.45, 2.75) is 33.1 Å². The third-order valence-corrected chi connectivity index (χ3v) is 6.06. The smallest absolute Gasteiger partial charge is 0.336 e. The highest BCUT2D eigenvalue weighted by molar-refractivity contribution is 6.12. The molecular weight excluding hydrogens is 426 g/mol. The Morgan fingerprint density at radius 1 is 1.18 bits per heavy atom. The summed E-state index contributed by atoms with van der Waals surface area (Å²) in [7, 11) is 2.83. The minimum Gasteiger partial charge on any atom is -0.497 e. The molecule has 0 saturated carbocycles. The molecule has 0 bridgehead atoms. The van der Waals surface area contributed by atoms with Crippen LogP contribution in [0.2, 0.25) is 0 Å². The zero-order valence-electron chi connectivity index (χ0n) is 19.7. The van der Waals surface area contributed by atoms with E-state index in [9.17, 15) is 14.4 Å². The van der Waals surface area contributed by atoms with Crippen LogP contribution in [0.1, 0.15) is 38.7 Å². The number of Topliss-reactive ketones (excluding diaryl/α,β-unsaturated/α-hetero) is 1. The molecule has 1 N–H and O–H groups in total. The third-order valence-electron chi connectivity index (χ3n) is 6.06. The van der Waals surface area contributed by atoms with Gasteiger partial charge in [0.1, 0.15) is 18.3 Å². The van der Waals surface area contributed by atoms with E-state index in [1.807, 2.05) is 19.9 Å². The number of ketones is 1. The van der Waals surface area contributed by atoms with Crippen LogP contribution in [0.15, 0.2) is 46.8 Å². The van der Waals surface area contributed by atoms with Crippen molar-refractivity contribution in [1.82, 2.24) is 5.32 Å². The van der Waals surface area contributed by atoms with Gasteiger partial charge in [0.2, 0.25) is 0 Å². The number of hydrogen-bond donors (Lipinski definition) is 1. The normalized spacial score (nSPS) is 22.5. The summed E-state index contributed by atoms with van der Waals surface area (Å²) in [6.45, 7) is 6.39. The zero-order chi connectivity index (χ0) is 24.1. The minimum absolute atomic E-state index is 0.0932. The Labute approximate surface area is 193 Å². The zero-order valence-corrected chi connectivity index (χ0v) is 19.7. The number of carbonyl (C=O) groups excluding carboxylic acids is 3. The fourth-order valence-corrected chi connectivity index (χ4v) is 4.52. The number of dihydropyridines is 1. The van der Waals surface area contributed by atoms with Gasteiger partial charge in [0.05, 0.1) is 26.4 Å². The van der Waals surface area contributed by atoms with Crippen molar-refractivity contribution in [3.05, 3.63) is 52.4 Å². The van der Waals surface area contributed by atoms with Crippen LogP contribution in [0.4, 0.5) is 0 Å². The predicted octanol–water partition coefficient (Wildman–Crippen LogP) is 2.89. The van der Waals surface area contributed by atoms with Crippen LogP contribution in [0.5, 0.6) is 5.75 Å². The average Bonchev–Trinajstić information content (AvgIpc) is 2.80. The molecule has 2 aliphatic rings. The molecule has 1 heterocycles. The highest BCUT2D eigenvalue weighted by atomic mass is 16.6. The van der Waals surface area contributed by atoms with Crippen LogP contribution in [0.3, 0.4) is 0 Å². The molecule has 1 aromatic carbocycles. The van der Waals surface area contributed by atoms with Crippen molar-refractivity contribution in [3.63, 3.8) is 0 Å². The first-order valence-electron chi connectivity index (χ1n) is 11.1. The maximum atomic E-state index is 13.7. The molecule has 1 aliphatic carbocycles. The van der Waals surface area contributed by atoms with Crippen molar-refractivity contribution in [2.75, 3.05) is 34.0 Å². The van der Waals surface area contributed by atoms with Gasteiger partial charge in [-0.2, -0.15) is 0 Å². The average molecular weight is 458 g/mol. The second-order valence-corrected chi connectivity index (χ2v) is 8.14. The highest BCUT2D eigenvalue weighted by Crippen LogP contribution is 2.45. The molecule has 8 nitrogen and oxygen atoms in total. The van der Waals surface area contributed by atoms with Gasteiger partial charge in [-0.1, -0.05) is 19.1 Å². The number of hydrogen-bond acceptors (Lipinski definition) is 8. The Balaban J connectivity index is 2.09. The lowest BCUT2D eigenvalue weighted by Crippen LogP contribution is -2.43. The maximum Gasteiger partial charge on any atom is 0.336 e. The molecule has 0 amide bonds. The van der Waals surface area contributed by atoms with Gasteiger partial charge in [-0.25, -0.2) is 4.79 Å². The van der Waals surface area contributed by atoms with Crippen molar-refractivity contribution >= 4 is 17.7 Å². The summed E-state index contributed by atoms with van der Waals surface area (Å²) in [4.78, 5) is 39.3. The Bertz CT molecular complexity index is 994. The fourth-order valence-electron chi connectivity index (χ4n) is 4.52. The van der Waals surface area contributed by atoms with Crippen LogP contribution in [-0.2, 0) is 28.6 Å². The van der Waals surface area contributed by atoms with Gasteiger partial charge in [-0.3, -0.25) is 9.59 Å². The fraction of sp³-hybridized carbons (Fsp3) is 0.480. The quantitative estimate of drug-likeness (QED) is 0.361. The van der Waals surface area contributed by atoms with Crippen LogP contribution < -0.4 is 10.1 Å². The van der Waals surface area contributed by atoms with Gasteiger partial charge < -0.3 is 24.3 Å². The maximum absolute atomic E-state index is 13.7. The lowest BCUT2D eigenvalue weighted by Gasteiger charge is -2.38. The van der Waals surface area contributed by atoms with Gasteiger partial charge in [-0.15, -0.1) is 0 Å². The van der Waals surface area contributed by atoms with E-state index in [1.165, 1.54) is 7.11 Å². The molecule has 0 spiro atoms. The van der Waals surface area contributed by atoms with E-state index in [0.717, 1.165) is 0 Å². The summed E-state index contributed by atoms with van der Waals surface area (Å²) in [5.74, 6) is -2.75. The van der Waals surface area contributed by atoms with Gasteiger partial charge in [0.15, 0.2) is 5.78 Å². The van der Waals surface area contributed by atoms with Crippen LogP contribution in [-0.4, -0.2) is 51.8 Å². The second kappa shape index (κ2) is 10.7. The first-order valence-corrected chi connectivity index (χ1v) is 11.1. The summed E-state index contributed by atoms with van der Waals surface area (Å²) in [5, 5.41) is 3.24. The summed E-state index contributed by atoms with van der Waals surface area (Å²) < 4.78 is 21.0. The van der Waals surface area contributed by atoms with E-state index in [-0.39, 0.29) is 24.9 Å². The number of nitrogens with one attached hydrogen (secondary N) is 1. The molecule has 0 saturated heterocycles. The van der Waals surface area contributed by atoms with Gasteiger partial charge in [0, 0.05) is 29.5 Å². The number of carbonyl (C=O) groups is 3. The van der Waals surface area contributed by atoms with E-state index in [0.29, 0.717) is 46.9 Å². The van der Waals surface area contributed by atoms with E-state index in [4.69, 9.17) is 18.9 Å². The Kier molecular flexibility index (Phi) is 7.92. The molecule has 3 atom stereocenters. The summed E-state index contributed by atoms with van der Waals surface area (Å²) in [6, 6.07) is 7.22. The molecular formula is C25H31NO7. The van der Waals surface area contributed by atoms with Crippen LogP contribution in [0.25, 0.3) is 0 Å². The highest BCUT2D eigenvalue weighted by Gasteiger charge is 2.47. The molecule has 33 heavy (non-hydrogen) atoms. The van der Waals surface area contributed by atoms with Gasteiger partial charge >= 0.3 is 11.9 Å². The number of benzene rings is 1. The number of allylic oxidation sites excluding steroid dienone is 3. The molecule has 1 aromatic rings. The van der Waals surface area contributed by atoms with E-state index in [2.05, 4.69) is 5.32 Å². The number of methoxy groups -OCH3 is 2. The Hall–Kier alpha value is -3.13. The van der Waals surface area contributed by atoms with Crippen molar-refractivity contribution in [2.24, 2.45) is 11.8 Å². The van der Waals surface area contributed by atoms with Gasteiger partial charge in [0.25, 0.3) is 0 Å². The van der Waals surface area contributed by atoms with E-state index in [1.54, 1.807) is 32.2 Å². The van der Waals surface area contributed by atoms with Crippen molar-refractivity contribution in [3.8, 4) is 5.75 Å². The molecule has 1 aliphatic heterocycles. The second-order valence-electron chi connectivity index (χ2n) is 8.14. The predicted molar refractivity (Wildman–Crippen MR) is 120 cm³/mol. The lowest BCUT2D eigenvalue weighted by atomic mass is 9.69. The molecule has 3 rings (SSSR count). The molecule has 0 radical (unpaired) electrons. The lowest BCUT2D eigenvalue weighted by molar-refractivity contribution is -0.151. The standard InChI is InChI=1S/C25H31NO7/c1-6-32-10-11-33-25(29)20-15(3)26-18-12-14(2)19(24(28)31-5)23(27)22(18)21(20)16-8-7-9-17(13-16)30-4/h7-9,13-14,19,21,26H,6,10-12H2,1-5H3/t14-,19+,21+/m1/s1. The first kappa shape index (κ1) is 24.5. The monoisotopic (exact) mass is 457 g/mol. The van der Waals surface area contributed by atoms with Crippen LogP contribution >= 0.6 is 0 Å². The Morgan fingerprint density at radius 2 is 1.94 bits per heavy atom. The van der Waals surface area contributed by atoms with Gasteiger partial charge in [-0.05, 0) is 43.9 Å². The molecule has 178 valence electrons. The SMILES string of the molecule is CCOCCOC(=O)C1=C(C)NC2=C(C(=O)[C@@H](C(=O)OC)[C@H](C)C2)[C@H]1c1cccc(OC)c1. The summed E-state index contributed by atoms with van der Waals surface area (Å²) in [6.07, 6.45) is 0.477. The third kappa shape index (κ3) is 4.95.